The number of hydrogen-bond acceptors (Lipinski definition) is 3. The smallest absolute Gasteiger partial charge is 0.313 e. The highest BCUT2D eigenvalue weighted by atomic mass is 16.6. The van der Waals surface area contributed by atoms with Gasteiger partial charge in [-0.15, -0.1) is 0 Å². The van der Waals surface area contributed by atoms with Gasteiger partial charge in [0.15, 0.2) is 0 Å². The molecular weight excluding hydrogens is 156 g/mol. The molecule has 0 aromatic rings. The van der Waals surface area contributed by atoms with Gasteiger partial charge in [0.2, 0.25) is 0 Å². The second-order valence-corrected chi connectivity index (χ2v) is 3.66. The van der Waals surface area contributed by atoms with Gasteiger partial charge >= 0.3 is 11.9 Å². The summed E-state index contributed by atoms with van der Waals surface area (Å²) in [6.45, 7) is 7.17. The highest BCUT2D eigenvalue weighted by Crippen LogP contribution is 2.24. The summed E-state index contributed by atoms with van der Waals surface area (Å²) in [5, 5.41) is 0. The average molecular weight is 172 g/mol. The second kappa shape index (κ2) is 4.24. The summed E-state index contributed by atoms with van der Waals surface area (Å²) in [6.07, 6.45) is 1.18. The van der Waals surface area contributed by atoms with E-state index >= 15 is 0 Å². The van der Waals surface area contributed by atoms with E-state index in [2.05, 4.69) is 4.74 Å². The molecule has 0 saturated heterocycles. The van der Waals surface area contributed by atoms with Crippen LogP contribution >= 0.6 is 0 Å². The molecule has 0 rings (SSSR count). The normalized spacial score (nSPS) is 11.0. The van der Waals surface area contributed by atoms with E-state index in [1.807, 2.05) is 20.8 Å². The van der Waals surface area contributed by atoms with Gasteiger partial charge in [0.05, 0.1) is 6.42 Å². The monoisotopic (exact) mass is 172 g/mol. The molecule has 0 amide bonds. The lowest BCUT2D eigenvalue weighted by atomic mass is 9.87. The van der Waals surface area contributed by atoms with Crippen LogP contribution in [0.3, 0.4) is 0 Å². The van der Waals surface area contributed by atoms with Crippen molar-refractivity contribution in [2.24, 2.45) is 5.41 Å². The first-order valence-corrected chi connectivity index (χ1v) is 4.08. The van der Waals surface area contributed by atoms with Crippen molar-refractivity contribution in [3.8, 4) is 0 Å². The van der Waals surface area contributed by atoms with Crippen LogP contribution in [-0.4, -0.2) is 11.9 Å². The molecule has 0 aliphatic heterocycles. The van der Waals surface area contributed by atoms with Gasteiger partial charge in [-0.25, -0.2) is 0 Å². The molecule has 3 nitrogen and oxygen atoms in total. The van der Waals surface area contributed by atoms with Gasteiger partial charge in [0.25, 0.3) is 0 Å². The first-order valence-electron chi connectivity index (χ1n) is 4.08. The maximum absolute atomic E-state index is 11.0. The molecule has 0 aromatic heterocycles. The third-order valence-corrected chi connectivity index (χ3v) is 1.84. The lowest BCUT2D eigenvalue weighted by Crippen LogP contribution is -2.19. The maximum Gasteiger partial charge on any atom is 0.313 e. The first kappa shape index (κ1) is 11.1. The van der Waals surface area contributed by atoms with Crippen molar-refractivity contribution in [1.82, 2.24) is 0 Å². The minimum Gasteiger partial charge on any atom is -0.393 e. The summed E-state index contributed by atoms with van der Waals surface area (Å²) in [7, 11) is 0. The van der Waals surface area contributed by atoms with E-state index in [-0.39, 0.29) is 5.41 Å². The number of carbonyl (C=O) groups excluding carboxylic acids is 2. The van der Waals surface area contributed by atoms with Gasteiger partial charge in [-0.05, 0) is 5.41 Å². The Hall–Kier alpha value is -0.860. The molecule has 0 radical (unpaired) electrons. The molecule has 0 N–H and O–H groups in total. The summed E-state index contributed by atoms with van der Waals surface area (Å²) in [6, 6.07) is 0. The van der Waals surface area contributed by atoms with Crippen molar-refractivity contribution >= 4 is 11.9 Å². The second-order valence-electron chi connectivity index (χ2n) is 3.66. The van der Waals surface area contributed by atoms with Crippen LogP contribution in [0.4, 0.5) is 0 Å². The quantitative estimate of drug-likeness (QED) is 0.482. The largest absolute Gasteiger partial charge is 0.393 e. The Labute approximate surface area is 73.1 Å². The Kier molecular flexibility index (Phi) is 3.93. The van der Waals surface area contributed by atoms with E-state index in [9.17, 15) is 9.59 Å². The zero-order valence-corrected chi connectivity index (χ0v) is 8.14. The molecule has 70 valence electrons. The minimum atomic E-state index is -0.535. The maximum atomic E-state index is 11.0. The number of carbonyl (C=O) groups is 2. The fourth-order valence-corrected chi connectivity index (χ4v) is 0.712. The zero-order valence-electron chi connectivity index (χ0n) is 8.14. The van der Waals surface area contributed by atoms with Gasteiger partial charge in [-0.2, -0.15) is 0 Å². The molecule has 3 heteroatoms. The predicted octanol–water partition coefficient (Wildman–Crippen LogP) is 1.90. The number of hydrogen-bond donors (Lipinski definition) is 0. The highest BCUT2D eigenvalue weighted by molar-refractivity contribution is 5.84. The Morgan fingerprint density at radius 1 is 1.33 bits per heavy atom. The van der Waals surface area contributed by atoms with Gasteiger partial charge in [-0.3, -0.25) is 9.59 Å². The SMILES string of the molecule is CCC(C)(C)CC(=O)OC(C)=O. The lowest BCUT2D eigenvalue weighted by molar-refractivity contribution is -0.159. The molecule has 0 aliphatic rings. The molecule has 0 atom stereocenters. The van der Waals surface area contributed by atoms with E-state index in [1.165, 1.54) is 6.92 Å². The summed E-state index contributed by atoms with van der Waals surface area (Å²) >= 11 is 0. The van der Waals surface area contributed by atoms with Crippen molar-refractivity contribution in [1.29, 1.82) is 0 Å². The van der Waals surface area contributed by atoms with Gasteiger partial charge < -0.3 is 4.74 Å². The van der Waals surface area contributed by atoms with Crippen LogP contribution < -0.4 is 0 Å². The van der Waals surface area contributed by atoms with Crippen LogP contribution in [0.1, 0.15) is 40.5 Å². The van der Waals surface area contributed by atoms with E-state index in [4.69, 9.17) is 0 Å². The van der Waals surface area contributed by atoms with E-state index in [0.717, 1.165) is 6.42 Å². The molecule has 0 heterocycles. The molecule has 0 saturated carbocycles. The molecule has 0 unspecified atom stereocenters. The van der Waals surface area contributed by atoms with Crippen LogP contribution in [0.15, 0.2) is 0 Å². The molecule has 0 aromatic carbocycles. The van der Waals surface area contributed by atoms with Crippen LogP contribution in [-0.2, 0) is 14.3 Å². The summed E-state index contributed by atoms with van der Waals surface area (Å²) in [5.41, 5.74) is -0.0769. The predicted molar refractivity (Wildman–Crippen MR) is 45.5 cm³/mol. The van der Waals surface area contributed by atoms with Crippen LogP contribution in [0.2, 0.25) is 0 Å². The van der Waals surface area contributed by atoms with Crippen molar-refractivity contribution in [3.63, 3.8) is 0 Å². The standard InChI is InChI=1S/C9H16O3/c1-5-9(3,4)6-8(11)12-7(2)10/h5-6H2,1-4H3. The molecular formula is C9H16O3. The number of esters is 2. The van der Waals surface area contributed by atoms with Gasteiger partial charge in [0, 0.05) is 6.92 Å². The van der Waals surface area contributed by atoms with Crippen molar-refractivity contribution in [3.05, 3.63) is 0 Å². The number of rotatable bonds is 3. The summed E-state index contributed by atoms with van der Waals surface area (Å²) in [5.74, 6) is -0.971. The average Bonchev–Trinajstić information content (AvgIpc) is 1.84. The van der Waals surface area contributed by atoms with Crippen LogP contribution in [0, 0.1) is 5.41 Å². The fraction of sp³-hybridized carbons (Fsp3) is 0.778. The van der Waals surface area contributed by atoms with Crippen LogP contribution in [0.5, 0.6) is 0 Å². The molecule has 0 spiro atoms. The first-order chi connectivity index (χ1) is 5.37. The molecule has 0 aliphatic carbocycles. The Balaban J connectivity index is 3.92. The van der Waals surface area contributed by atoms with Crippen LogP contribution in [0.25, 0.3) is 0 Å². The molecule has 12 heavy (non-hydrogen) atoms. The topological polar surface area (TPSA) is 43.4 Å². The summed E-state index contributed by atoms with van der Waals surface area (Å²) in [4.78, 5) is 21.4. The Bertz CT molecular complexity index is 182. The minimum absolute atomic E-state index is 0.0769. The third-order valence-electron chi connectivity index (χ3n) is 1.84. The lowest BCUT2D eigenvalue weighted by Gasteiger charge is -2.20. The highest BCUT2D eigenvalue weighted by Gasteiger charge is 2.21. The van der Waals surface area contributed by atoms with Crippen molar-refractivity contribution in [2.45, 2.75) is 40.5 Å². The Morgan fingerprint density at radius 3 is 2.17 bits per heavy atom. The van der Waals surface area contributed by atoms with Gasteiger partial charge in [0.1, 0.15) is 0 Å². The Morgan fingerprint density at radius 2 is 1.83 bits per heavy atom. The number of ether oxygens (including phenoxy) is 1. The molecule has 0 bridgehead atoms. The van der Waals surface area contributed by atoms with E-state index in [0.29, 0.717) is 6.42 Å². The van der Waals surface area contributed by atoms with E-state index < -0.39 is 11.9 Å². The molecule has 0 fully saturated rings. The zero-order chi connectivity index (χ0) is 9.78. The fourth-order valence-electron chi connectivity index (χ4n) is 0.712. The van der Waals surface area contributed by atoms with Crippen molar-refractivity contribution in [2.75, 3.05) is 0 Å². The van der Waals surface area contributed by atoms with Crippen molar-refractivity contribution < 1.29 is 14.3 Å². The van der Waals surface area contributed by atoms with Gasteiger partial charge in [-0.1, -0.05) is 27.2 Å². The van der Waals surface area contributed by atoms with E-state index in [1.54, 1.807) is 0 Å². The summed E-state index contributed by atoms with van der Waals surface area (Å²) < 4.78 is 4.41. The third kappa shape index (κ3) is 4.88.